The number of benzene rings is 1. The molecule has 4 nitrogen and oxygen atoms in total. The maximum absolute atomic E-state index is 12.0. The number of nitrogens with one attached hydrogen (secondary N) is 1. The molecule has 1 aliphatic rings. The lowest BCUT2D eigenvalue weighted by molar-refractivity contribution is 0.0642. The Morgan fingerprint density at radius 2 is 2.17 bits per heavy atom. The first-order valence-electron chi connectivity index (χ1n) is 6.39. The van der Waals surface area contributed by atoms with Gasteiger partial charge >= 0.3 is 0 Å². The molecular weight excluding hydrogens is 228 g/mol. The van der Waals surface area contributed by atoms with E-state index < -0.39 is 0 Å². The van der Waals surface area contributed by atoms with Crippen LogP contribution in [0.3, 0.4) is 0 Å². The summed E-state index contributed by atoms with van der Waals surface area (Å²) in [4.78, 5) is 12.0. The molecule has 1 aliphatic heterocycles. The normalized spacial score (nSPS) is 16.5. The molecule has 1 heterocycles. The van der Waals surface area contributed by atoms with Crippen molar-refractivity contribution >= 4 is 11.6 Å². The van der Waals surface area contributed by atoms with Gasteiger partial charge in [-0.05, 0) is 43.4 Å². The van der Waals surface area contributed by atoms with Crippen LogP contribution in [0.5, 0.6) is 0 Å². The van der Waals surface area contributed by atoms with Crippen LogP contribution < -0.4 is 11.1 Å². The Bertz CT molecular complexity index is 426. The molecule has 2 rings (SSSR count). The third-order valence-corrected chi connectivity index (χ3v) is 3.43. The molecular formula is C14H20N2O2. The number of carbonyl (C=O) groups is 1. The summed E-state index contributed by atoms with van der Waals surface area (Å²) in [7, 11) is 0. The molecule has 0 bridgehead atoms. The van der Waals surface area contributed by atoms with E-state index in [1.165, 1.54) is 0 Å². The number of hydrogen-bond donors (Lipinski definition) is 2. The van der Waals surface area contributed by atoms with Crippen molar-refractivity contribution < 1.29 is 9.53 Å². The fourth-order valence-corrected chi connectivity index (χ4v) is 2.07. The molecule has 0 aliphatic carbocycles. The van der Waals surface area contributed by atoms with Gasteiger partial charge < -0.3 is 15.8 Å². The SMILES string of the molecule is Cc1ccc(C(=O)NCC2CCOCC2)cc1N. The fraction of sp³-hybridized carbons (Fsp3) is 0.500. The molecule has 1 aromatic carbocycles. The van der Waals surface area contributed by atoms with E-state index in [1.807, 2.05) is 19.1 Å². The summed E-state index contributed by atoms with van der Waals surface area (Å²) in [5.74, 6) is 0.485. The van der Waals surface area contributed by atoms with Gasteiger partial charge in [0.25, 0.3) is 5.91 Å². The molecule has 0 aromatic heterocycles. The standard InChI is InChI=1S/C14H20N2O2/c1-10-2-3-12(8-13(10)15)14(17)16-9-11-4-6-18-7-5-11/h2-3,8,11H,4-7,9,15H2,1H3,(H,16,17). The van der Waals surface area contributed by atoms with Gasteiger partial charge in [-0.2, -0.15) is 0 Å². The number of aryl methyl sites for hydroxylation is 1. The van der Waals surface area contributed by atoms with Crippen LogP contribution in [0.1, 0.15) is 28.8 Å². The number of rotatable bonds is 3. The Labute approximate surface area is 108 Å². The van der Waals surface area contributed by atoms with Crippen LogP contribution in [0.2, 0.25) is 0 Å². The van der Waals surface area contributed by atoms with Gasteiger partial charge in [-0.15, -0.1) is 0 Å². The molecule has 0 atom stereocenters. The molecule has 4 heteroatoms. The molecule has 1 fully saturated rings. The molecule has 1 aromatic rings. The van der Waals surface area contributed by atoms with Gasteiger partial charge in [0.05, 0.1) is 0 Å². The van der Waals surface area contributed by atoms with Crippen LogP contribution in [0, 0.1) is 12.8 Å². The number of anilines is 1. The van der Waals surface area contributed by atoms with Crippen LogP contribution in [0.25, 0.3) is 0 Å². The topological polar surface area (TPSA) is 64.3 Å². The molecule has 0 radical (unpaired) electrons. The van der Waals surface area contributed by atoms with Gasteiger partial charge in [-0.3, -0.25) is 4.79 Å². The molecule has 18 heavy (non-hydrogen) atoms. The minimum absolute atomic E-state index is 0.0480. The molecule has 3 N–H and O–H groups in total. The maximum Gasteiger partial charge on any atom is 0.251 e. The van der Waals surface area contributed by atoms with Crippen molar-refractivity contribution in [1.29, 1.82) is 0 Å². The van der Waals surface area contributed by atoms with E-state index >= 15 is 0 Å². The highest BCUT2D eigenvalue weighted by Gasteiger charge is 2.15. The smallest absolute Gasteiger partial charge is 0.251 e. The quantitative estimate of drug-likeness (QED) is 0.801. The third-order valence-electron chi connectivity index (χ3n) is 3.43. The van der Waals surface area contributed by atoms with Gasteiger partial charge in [0.1, 0.15) is 0 Å². The van der Waals surface area contributed by atoms with Crippen LogP contribution in [-0.2, 0) is 4.74 Å². The van der Waals surface area contributed by atoms with Gasteiger partial charge in [-0.1, -0.05) is 6.07 Å². The maximum atomic E-state index is 12.0. The zero-order valence-corrected chi connectivity index (χ0v) is 10.7. The first kappa shape index (κ1) is 12.9. The molecule has 98 valence electrons. The van der Waals surface area contributed by atoms with E-state index in [2.05, 4.69) is 5.32 Å². The molecule has 0 spiro atoms. The Morgan fingerprint density at radius 3 is 2.83 bits per heavy atom. The minimum atomic E-state index is -0.0480. The second kappa shape index (κ2) is 5.87. The highest BCUT2D eigenvalue weighted by atomic mass is 16.5. The Morgan fingerprint density at radius 1 is 1.44 bits per heavy atom. The second-order valence-corrected chi connectivity index (χ2v) is 4.84. The summed E-state index contributed by atoms with van der Waals surface area (Å²) in [5.41, 5.74) is 8.09. The van der Waals surface area contributed by atoms with Crippen LogP contribution in [-0.4, -0.2) is 25.7 Å². The largest absolute Gasteiger partial charge is 0.398 e. The number of ether oxygens (including phenoxy) is 1. The highest BCUT2D eigenvalue weighted by Crippen LogP contribution is 2.15. The number of nitrogen functional groups attached to an aromatic ring is 1. The summed E-state index contributed by atoms with van der Waals surface area (Å²) < 4.78 is 5.29. The summed E-state index contributed by atoms with van der Waals surface area (Å²) in [6, 6.07) is 5.42. The predicted octanol–water partition coefficient (Wildman–Crippen LogP) is 1.73. The Hall–Kier alpha value is -1.55. The minimum Gasteiger partial charge on any atom is -0.398 e. The van der Waals surface area contributed by atoms with Crippen LogP contribution >= 0.6 is 0 Å². The lowest BCUT2D eigenvalue weighted by atomic mass is 10.0. The zero-order valence-electron chi connectivity index (χ0n) is 10.7. The first-order valence-corrected chi connectivity index (χ1v) is 6.39. The lowest BCUT2D eigenvalue weighted by Crippen LogP contribution is -2.32. The van der Waals surface area contributed by atoms with Gasteiger partial charge in [0.2, 0.25) is 0 Å². The van der Waals surface area contributed by atoms with E-state index in [4.69, 9.17) is 10.5 Å². The van der Waals surface area contributed by atoms with Crippen molar-refractivity contribution in [2.24, 2.45) is 5.92 Å². The molecule has 0 unspecified atom stereocenters. The van der Waals surface area contributed by atoms with Crippen molar-refractivity contribution in [2.75, 3.05) is 25.5 Å². The molecule has 0 saturated carbocycles. The van der Waals surface area contributed by atoms with Gasteiger partial charge in [0.15, 0.2) is 0 Å². The monoisotopic (exact) mass is 248 g/mol. The zero-order chi connectivity index (χ0) is 13.0. The number of hydrogen-bond acceptors (Lipinski definition) is 3. The Balaban J connectivity index is 1.88. The van der Waals surface area contributed by atoms with Crippen molar-refractivity contribution in [3.05, 3.63) is 29.3 Å². The average Bonchev–Trinajstić information content (AvgIpc) is 2.40. The summed E-state index contributed by atoms with van der Waals surface area (Å²) in [5, 5.41) is 2.97. The number of nitrogens with two attached hydrogens (primary N) is 1. The van der Waals surface area contributed by atoms with Crippen molar-refractivity contribution in [3.8, 4) is 0 Å². The Kier molecular flexibility index (Phi) is 4.20. The van der Waals surface area contributed by atoms with E-state index in [0.717, 1.165) is 38.2 Å². The van der Waals surface area contributed by atoms with Crippen molar-refractivity contribution in [1.82, 2.24) is 5.32 Å². The van der Waals surface area contributed by atoms with Crippen LogP contribution in [0.4, 0.5) is 5.69 Å². The average molecular weight is 248 g/mol. The van der Waals surface area contributed by atoms with E-state index in [1.54, 1.807) is 6.07 Å². The molecule has 1 saturated heterocycles. The number of amides is 1. The van der Waals surface area contributed by atoms with Crippen molar-refractivity contribution in [3.63, 3.8) is 0 Å². The highest BCUT2D eigenvalue weighted by molar-refractivity contribution is 5.95. The number of carbonyl (C=O) groups excluding carboxylic acids is 1. The third kappa shape index (κ3) is 3.23. The lowest BCUT2D eigenvalue weighted by Gasteiger charge is -2.22. The van der Waals surface area contributed by atoms with E-state index in [9.17, 15) is 4.79 Å². The summed E-state index contributed by atoms with van der Waals surface area (Å²) >= 11 is 0. The fourth-order valence-electron chi connectivity index (χ4n) is 2.07. The first-order chi connectivity index (χ1) is 8.66. The summed E-state index contributed by atoms with van der Waals surface area (Å²) in [6.07, 6.45) is 2.05. The van der Waals surface area contributed by atoms with E-state index in [0.29, 0.717) is 17.2 Å². The predicted molar refractivity (Wildman–Crippen MR) is 71.5 cm³/mol. The van der Waals surface area contributed by atoms with Crippen molar-refractivity contribution in [2.45, 2.75) is 19.8 Å². The molecule has 1 amide bonds. The van der Waals surface area contributed by atoms with Gasteiger partial charge in [-0.25, -0.2) is 0 Å². The van der Waals surface area contributed by atoms with Crippen LogP contribution in [0.15, 0.2) is 18.2 Å². The van der Waals surface area contributed by atoms with Gasteiger partial charge in [0, 0.05) is 31.0 Å². The van der Waals surface area contributed by atoms with E-state index in [-0.39, 0.29) is 5.91 Å². The summed E-state index contributed by atoms with van der Waals surface area (Å²) in [6.45, 7) is 4.26. The second-order valence-electron chi connectivity index (χ2n) is 4.84.